The number of carbonyl (C=O) groups excluding carboxylic acids is 1. The number of nitrogens with zero attached hydrogens (tertiary/aromatic N) is 1. The number of benzene rings is 2. The third kappa shape index (κ3) is 4.19. The molecule has 2 aromatic rings. The molecule has 0 saturated heterocycles. The molecule has 0 spiro atoms. The maximum absolute atomic E-state index is 13.1. The number of aliphatic hydroxyl groups is 1. The first kappa shape index (κ1) is 16.6. The van der Waals surface area contributed by atoms with Crippen LogP contribution >= 0.6 is 0 Å². The van der Waals surface area contributed by atoms with Crippen LogP contribution in [-0.2, 0) is 13.0 Å². The van der Waals surface area contributed by atoms with Crippen LogP contribution in [0.4, 0.5) is 4.39 Å². The first-order valence-corrected chi connectivity index (χ1v) is 8.13. The Kier molecular flexibility index (Phi) is 5.23. The molecule has 0 saturated carbocycles. The molecule has 1 amide bonds. The van der Waals surface area contributed by atoms with Gasteiger partial charge in [-0.25, -0.2) is 4.39 Å². The molecular formula is C19H21FN2O2. The van der Waals surface area contributed by atoms with Crippen molar-refractivity contribution < 1.29 is 14.3 Å². The summed E-state index contributed by atoms with van der Waals surface area (Å²) in [6.45, 7) is 2.35. The fourth-order valence-corrected chi connectivity index (χ4v) is 3.01. The predicted octanol–water partition coefficient (Wildman–Crippen LogP) is 1.97. The number of rotatable bonds is 5. The Morgan fingerprint density at radius 1 is 1.21 bits per heavy atom. The zero-order chi connectivity index (χ0) is 16.9. The summed E-state index contributed by atoms with van der Waals surface area (Å²) in [5.41, 5.74) is 2.91. The largest absolute Gasteiger partial charge is 0.390 e. The highest BCUT2D eigenvalue weighted by Crippen LogP contribution is 2.18. The molecule has 126 valence electrons. The molecule has 0 aliphatic carbocycles. The van der Waals surface area contributed by atoms with Crippen LogP contribution in [0.5, 0.6) is 0 Å². The van der Waals surface area contributed by atoms with Crippen LogP contribution in [0.3, 0.4) is 0 Å². The van der Waals surface area contributed by atoms with Gasteiger partial charge in [-0.2, -0.15) is 0 Å². The van der Waals surface area contributed by atoms with E-state index in [4.69, 9.17) is 0 Å². The molecule has 24 heavy (non-hydrogen) atoms. The van der Waals surface area contributed by atoms with Crippen molar-refractivity contribution in [2.24, 2.45) is 0 Å². The van der Waals surface area contributed by atoms with Crippen molar-refractivity contribution in [3.63, 3.8) is 0 Å². The van der Waals surface area contributed by atoms with E-state index in [2.05, 4.69) is 22.3 Å². The quantitative estimate of drug-likeness (QED) is 0.882. The molecule has 2 N–H and O–H groups in total. The van der Waals surface area contributed by atoms with Gasteiger partial charge in [-0.15, -0.1) is 0 Å². The Bertz CT molecular complexity index is 720. The van der Waals surface area contributed by atoms with Crippen molar-refractivity contribution >= 4 is 5.91 Å². The Hall–Kier alpha value is -2.24. The SMILES string of the molecule is O=C(NC[C@H](O)CN1CCc2ccccc2C1)c1cccc(F)c1. The minimum atomic E-state index is -0.659. The lowest BCUT2D eigenvalue weighted by Gasteiger charge is -2.30. The van der Waals surface area contributed by atoms with Crippen molar-refractivity contribution in [1.29, 1.82) is 0 Å². The molecule has 0 radical (unpaired) electrons. The Morgan fingerprint density at radius 3 is 2.79 bits per heavy atom. The van der Waals surface area contributed by atoms with Gasteiger partial charge in [-0.05, 0) is 35.7 Å². The van der Waals surface area contributed by atoms with Gasteiger partial charge in [-0.1, -0.05) is 30.3 Å². The molecule has 5 heteroatoms. The lowest BCUT2D eigenvalue weighted by atomic mass is 10.00. The number of halogens is 1. The number of fused-ring (bicyclic) bond motifs is 1. The lowest BCUT2D eigenvalue weighted by molar-refractivity contribution is 0.0841. The van der Waals surface area contributed by atoms with Gasteiger partial charge in [0.05, 0.1) is 6.10 Å². The summed E-state index contributed by atoms with van der Waals surface area (Å²) in [7, 11) is 0. The van der Waals surface area contributed by atoms with Gasteiger partial charge in [0, 0.05) is 31.7 Å². The molecule has 0 unspecified atom stereocenters. The average Bonchev–Trinajstić information content (AvgIpc) is 2.59. The second kappa shape index (κ2) is 7.55. The van der Waals surface area contributed by atoms with Crippen LogP contribution in [0.1, 0.15) is 21.5 Å². The predicted molar refractivity (Wildman–Crippen MR) is 90.2 cm³/mol. The van der Waals surface area contributed by atoms with E-state index in [1.807, 2.05) is 12.1 Å². The van der Waals surface area contributed by atoms with Crippen molar-refractivity contribution in [2.75, 3.05) is 19.6 Å². The van der Waals surface area contributed by atoms with Gasteiger partial charge in [-0.3, -0.25) is 9.69 Å². The second-order valence-electron chi connectivity index (χ2n) is 6.13. The molecule has 1 heterocycles. The number of hydrogen-bond donors (Lipinski definition) is 2. The first-order valence-electron chi connectivity index (χ1n) is 8.13. The number of amides is 1. The summed E-state index contributed by atoms with van der Waals surface area (Å²) in [6, 6.07) is 13.8. The van der Waals surface area contributed by atoms with Crippen LogP contribution in [-0.4, -0.2) is 41.7 Å². The minimum absolute atomic E-state index is 0.146. The number of nitrogens with one attached hydrogen (secondary N) is 1. The molecule has 0 aromatic heterocycles. The molecule has 1 aliphatic rings. The molecule has 1 aliphatic heterocycles. The summed E-state index contributed by atoms with van der Waals surface area (Å²) >= 11 is 0. The van der Waals surface area contributed by atoms with Gasteiger partial charge in [0.2, 0.25) is 0 Å². The van der Waals surface area contributed by atoms with Crippen molar-refractivity contribution in [3.05, 3.63) is 71.0 Å². The molecule has 0 fully saturated rings. The van der Waals surface area contributed by atoms with E-state index in [9.17, 15) is 14.3 Å². The summed E-state index contributed by atoms with van der Waals surface area (Å²) < 4.78 is 13.1. The van der Waals surface area contributed by atoms with Crippen LogP contribution < -0.4 is 5.32 Å². The van der Waals surface area contributed by atoms with Crippen LogP contribution in [0.2, 0.25) is 0 Å². The molecule has 3 rings (SSSR count). The van der Waals surface area contributed by atoms with E-state index in [1.165, 1.54) is 29.3 Å². The highest BCUT2D eigenvalue weighted by atomic mass is 19.1. The Labute approximate surface area is 140 Å². The highest BCUT2D eigenvalue weighted by molar-refractivity contribution is 5.94. The molecule has 1 atom stereocenters. The summed E-state index contributed by atoms with van der Waals surface area (Å²) in [5.74, 6) is -0.826. The summed E-state index contributed by atoms with van der Waals surface area (Å²) in [6.07, 6.45) is 0.311. The standard InChI is InChI=1S/C19H21FN2O2/c20-17-7-3-6-15(10-17)19(24)21-11-18(23)13-22-9-8-14-4-1-2-5-16(14)12-22/h1-7,10,18,23H,8-9,11-13H2,(H,21,24)/t18-/m0/s1. The van der Waals surface area contributed by atoms with Gasteiger partial charge in [0.15, 0.2) is 0 Å². The normalized spacial score (nSPS) is 15.6. The highest BCUT2D eigenvalue weighted by Gasteiger charge is 2.18. The Balaban J connectivity index is 1.48. The second-order valence-corrected chi connectivity index (χ2v) is 6.13. The zero-order valence-corrected chi connectivity index (χ0v) is 13.4. The maximum atomic E-state index is 13.1. The smallest absolute Gasteiger partial charge is 0.251 e. The maximum Gasteiger partial charge on any atom is 0.251 e. The molecule has 4 nitrogen and oxygen atoms in total. The van der Waals surface area contributed by atoms with E-state index in [0.29, 0.717) is 6.54 Å². The van der Waals surface area contributed by atoms with Crippen molar-refractivity contribution in [2.45, 2.75) is 19.1 Å². The van der Waals surface area contributed by atoms with E-state index < -0.39 is 11.9 Å². The van der Waals surface area contributed by atoms with E-state index >= 15 is 0 Å². The zero-order valence-electron chi connectivity index (χ0n) is 13.4. The molecule has 2 aromatic carbocycles. The first-order chi connectivity index (χ1) is 11.6. The number of hydrogen-bond acceptors (Lipinski definition) is 3. The number of carbonyl (C=O) groups is 1. The van der Waals surface area contributed by atoms with Gasteiger partial charge >= 0.3 is 0 Å². The summed E-state index contributed by atoms with van der Waals surface area (Å²) in [5, 5.41) is 12.8. The van der Waals surface area contributed by atoms with Gasteiger partial charge in [0.1, 0.15) is 5.82 Å². The monoisotopic (exact) mass is 328 g/mol. The van der Waals surface area contributed by atoms with Crippen LogP contribution in [0, 0.1) is 5.82 Å². The third-order valence-electron chi connectivity index (χ3n) is 4.26. The fourth-order valence-electron chi connectivity index (χ4n) is 3.01. The topological polar surface area (TPSA) is 52.6 Å². The van der Waals surface area contributed by atoms with E-state index in [-0.39, 0.29) is 18.0 Å². The van der Waals surface area contributed by atoms with Crippen molar-refractivity contribution in [3.8, 4) is 0 Å². The Morgan fingerprint density at radius 2 is 2.00 bits per heavy atom. The fraction of sp³-hybridized carbons (Fsp3) is 0.316. The molecule has 0 bridgehead atoms. The minimum Gasteiger partial charge on any atom is -0.390 e. The summed E-state index contributed by atoms with van der Waals surface area (Å²) in [4.78, 5) is 14.1. The van der Waals surface area contributed by atoms with E-state index in [0.717, 1.165) is 19.5 Å². The lowest BCUT2D eigenvalue weighted by Crippen LogP contribution is -2.42. The number of β-amino-alcohol motifs (C(OH)–C–C–N with tert-alkyl or cyclic N) is 1. The van der Waals surface area contributed by atoms with Crippen LogP contribution in [0.25, 0.3) is 0 Å². The van der Waals surface area contributed by atoms with E-state index in [1.54, 1.807) is 6.07 Å². The molecular weight excluding hydrogens is 307 g/mol. The third-order valence-corrected chi connectivity index (χ3v) is 4.26. The van der Waals surface area contributed by atoms with Gasteiger partial charge in [0.25, 0.3) is 5.91 Å². The van der Waals surface area contributed by atoms with Crippen LogP contribution in [0.15, 0.2) is 48.5 Å². The average molecular weight is 328 g/mol. The van der Waals surface area contributed by atoms with Crippen molar-refractivity contribution in [1.82, 2.24) is 10.2 Å². The van der Waals surface area contributed by atoms with Gasteiger partial charge < -0.3 is 10.4 Å². The number of aliphatic hydroxyl groups excluding tert-OH is 1.